The first-order valence-corrected chi connectivity index (χ1v) is 10.1. The van der Waals surface area contributed by atoms with Crippen molar-refractivity contribution < 1.29 is 18.6 Å². The molecule has 0 aliphatic carbocycles. The van der Waals surface area contributed by atoms with Crippen molar-refractivity contribution in [2.75, 3.05) is 20.5 Å². The quantitative estimate of drug-likeness (QED) is 0.474. The van der Waals surface area contributed by atoms with E-state index in [0.717, 1.165) is 0 Å². The summed E-state index contributed by atoms with van der Waals surface area (Å²) in [7, 11) is -0.226. The van der Waals surface area contributed by atoms with Gasteiger partial charge in [-0.05, 0) is 22.7 Å². The second kappa shape index (κ2) is 8.32. The Morgan fingerprint density at radius 3 is 2.10 bits per heavy atom. The molecule has 1 rings (SSSR count). The smallest absolute Gasteiger partial charge is 0.200 e. The Morgan fingerprint density at radius 1 is 1.05 bits per heavy atom. The lowest BCUT2D eigenvalue weighted by Crippen LogP contribution is -2.50. The Balaban J connectivity index is 2.69. The molecule has 0 spiro atoms. The monoisotopic (exact) mass is 316 g/mol. The standard InChI is InChI=1S/C16H32O4Si/c1-12(2)21(13(3)4,14(5)6)20-10-16-15(8-9-18-16)19-11-17-7/h8-9,12-16H,10-11H2,1-7H3/t15-,16+/m0/s1. The Labute approximate surface area is 130 Å². The highest BCUT2D eigenvalue weighted by Gasteiger charge is 2.46. The molecule has 0 aromatic rings. The van der Waals surface area contributed by atoms with Gasteiger partial charge in [0.2, 0.25) is 8.32 Å². The van der Waals surface area contributed by atoms with Crippen molar-refractivity contribution in [2.24, 2.45) is 0 Å². The largest absolute Gasteiger partial charge is 0.493 e. The van der Waals surface area contributed by atoms with Gasteiger partial charge in [0.05, 0.1) is 12.9 Å². The van der Waals surface area contributed by atoms with Crippen LogP contribution in [0.2, 0.25) is 16.6 Å². The van der Waals surface area contributed by atoms with Crippen molar-refractivity contribution in [3.63, 3.8) is 0 Å². The average molecular weight is 317 g/mol. The maximum Gasteiger partial charge on any atom is 0.200 e. The van der Waals surface area contributed by atoms with Crippen LogP contribution in [0.15, 0.2) is 12.3 Å². The van der Waals surface area contributed by atoms with Crippen molar-refractivity contribution in [3.05, 3.63) is 12.3 Å². The molecule has 0 bridgehead atoms. The topological polar surface area (TPSA) is 36.9 Å². The van der Waals surface area contributed by atoms with Gasteiger partial charge in [0.1, 0.15) is 19.0 Å². The molecule has 0 fully saturated rings. The van der Waals surface area contributed by atoms with Gasteiger partial charge in [-0.3, -0.25) is 0 Å². The fraction of sp³-hybridized carbons (Fsp3) is 0.875. The third-order valence-electron chi connectivity index (χ3n) is 4.47. The first-order chi connectivity index (χ1) is 9.86. The van der Waals surface area contributed by atoms with Gasteiger partial charge < -0.3 is 18.6 Å². The third-order valence-corrected chi connectivity index (χ3v) is 10.6. The first kappa shape index (κ1) is 18.7. The molecule has 0 aromatic carbocycles. The number of hydrogen-bond donors (Lipinski definition) is 0. The predicted molar refractivity (Wildman–Crippen MR) is 87.8 cm³/mol. The molecule has 0 unspecified atom stereocenters. The summed E-state index contributed by atoms with van der Waals surface area (Å²) in [4.78, 5) is 0. The molecule has 1 aliphatic rings. The molecule has 0 saturated carbocycles. The molecule has 21 heavy (non-hydrogen) atoms. The van der Waals surface area contributed by atoms with Crippen molar-refractivity contribution in [1.82, 2.24) is 0 Å². The van der Waals surface area contributed by atoms with Gasteiger partial charge in [0.15, 0.2) is 0 Å². The van der Waals surface area contributed by atoms with Gasteiger partial charge in [0.25, 0.3) is 0 Å². The summed E-state index contributed by atoms with van der Waals surface area (Å²) in [5, 5.41) is 0. The lowest BCUT2D eigenvalue weighted by Gasteiger charge is -2.42. The minimum Gasteiger partial charge on any atom is -0.493 e. The van der Waals surface area contributed by atoms with E-state index in [4.69, 9.17) is 18.6 Å². The molecule has 1 heterocycles. The third kappa shape index (κ3) is 4.31. The molecular formula is C16H32O4Si. The minimum atomic E-state index is -1.85. The van der Waals surface area contributed by atoms with Crippen LogP contribution in [0.5, 0.6) is 0 Å². The second-order valence-corrected chi connectivity index (χ2v) is 12.1. The van der Waals surface area contributed by atoms with Crippen LogP contribution in [0.1, 0.15) is 41.5 Å². The van der Waals surface area contributed by atoms with Crippen LogP contribution in [0.25, 0.3) is 0 Å². The van der Waals surface area contributed by atoms with Gasteiger partial charge in [-0.1, -0.05) is 41.5 Å². The van der Waals surface area contributed by atoms with E-state index in [-0.39, 0.29) is 19.0 Å². The summed E-state index contributed by atoms with van der Waals surface area (Å²) < 4.78 is 22.8. The first-order valence-electron chi connectivity index (χ1n) is 7.92. The van der Waals surface area contributed by atoms with Crippen molar-refractivity contribution in [1.29, 1.82) is 0 Å². The van der Waals surface area contributed by atoms with E-state index in [9.17, 15) is 0 Å². The van der Waals surface area contributed by atoms with Crippen molar-refractivity contribution >= 4 is 8.32 Å². The number of rotatable bonds is 9. The summed E-state index contributed by atoms with van der Waals surface area (Å²) in [5.74, 6) is 0. The van der Waals surface area contributed by atoms with Crippen LogP contribution in [0, 0.1) is 0 Å². The minimum absolute atomic E-state index is 0.0664. The van der Waals surface area contributed by atoms with Gasteiger partial charge in [-0.25, -0.2) is 0 Å². The zero-order chi connectivity index (χ0) is 16.0. The van der Waals surface area contributed by atoms with Crippen molar-refractivity contribution in [2.45, 2.75) is 70.4 Å². The van der Waals surface area contributed by atoms with Gasteiger partial charge in [-0.2, -0.15) is 0 Å². The number of methoxy groups -OCH3 is 1. The molecule has 1 aliphatic heterocycles. The van der Waals surface area contributed by atoms with Crippen molar-refractivity contribution in [3.8, 4) is 0 Å². The summed E-state index contributed by atoms with van der Waals surface area (Å²) in [6.45, 7) is 14.6. The van der Waals surface area contributed by atoms with E-state index < -0.39 is 8.32 Å². The molecule has 5 heteroatoms. The predicted octanol–water partition coefficient (Wildman–Crippen LogP) is 4.08. The molecule has 2 atom stereocenters. The second-order valence-electron chi connectivity index (χ2n) is 6.67. The van der Waals surface area contributed by atoms with E-state index in [1.54, 1.807) is 13.4 Å². The molecule has 0 N–H and O–H groups in total. The van der Waals surface area contributed by atoms with Crippen LogP contribution >= 0.6 is 0 Å². The van der Waals surface area contributed by atoms with Crippen LogP contribution in [0.4, 0.5) is 0 Å². The highest BCUT2D eigenvalue weighted by molar-refractivity contribution is 6.77. The van der Waals surface area contributed by atoms with E-state index in [1.165, 1.54) is 0 Å². The highest BCUT2D eigenvalue weighted by Crippen LogP contribution is 2.42. The summed E-state index contributed by atoms with van der Waals surface area (Å²) in [6, 6.07) is 0. The number of hydrogen-bond acceptors (Lipinski definition) is 4. The lowest BCUT2D eigenvalue weighted by molar-refractivity contribution is -0.0921. The summed E-state index contributed by atoms with van der Waals surface area (Å²) >= 11 is 0. The fourth-order valence-corrected chi connectivity index (χ4v) is 9.05. The van der Waals surface area contributed by atoms with Crippen LogP contribution in [-0.2, 0) is 18.6 Å². The Hall–Kier alpha value is -0.363. The SMILES string of the molecule is COCO[C@H]1C=CO[C@@H]1CO[Si](C(C)C)(C(C)C)C(C)C. The van der Waals surface area contributed by atoms with Crippen LogP contribution in [-0.4, -0.2) is 41.0 Å². The van der Waals surface area contributed by atoms with E-state index in [0.29, 0.717) is 23.2 Å². The molecular weight excluding hydrogens is 284 g/mol. The zero-order valence-corrected chi connectivity index (χ0v) is 15.6. The highest BCUT2D eigenvalue weighted by atomic mass is 28.4. The van der Waals surface area contributed by atoms with E-state index >= 15 is 0 Å². The van der Waals surface area contributed by atoms with E-state index in [1.807, 2.05) is 6.08 Å². The molecule has 0 saturated heterocycles. The van der Waals surface area contributed by atoms with Crippen LogP contribution in [0.3, 0.4) is 0 Å². The normalized spacial score (nSPS) is 22.6. The number of ether oxygens (including phenoxy) is 3. The molecule has 0 radical (unpaired) electrons. The maximum atomic E-state index is 6.56. The van der Waals surface area contributed by atoms with Gasteiger partial charge >= 0.3 is 0 Å². The fourth-order valence-electron chi connectivity index (χ4n) is 3.60. The molecule has 124 valence electrons. The molecule has 0 amide bonds. The van der Waals surface area contributed by atoms with Crippen LogP contribution < -0.4 is 0 Å². The Kier molecular flexibility index (Phi) is 7.40. The average Bonchev–Trinajstić information content (AvgIpc) is 2.83. The van der Waals surface area contributed by atoms with Gasteiger partial charge in [0, 0.05) is 7.11 Å². The summed E-state index contributed by atoms with van der Waals surface area (Å²) in [6.07, 6.45) is 3.49. The Bertz CT molecular complexity index is 306. The molecule has 0 aromatic heterocycles. The van der Waals surface area contributed by atoms with Gasteiger partial charge in [-0.15, -0.1) is 0 Å². The lowest BCUT2D eigenvalue weighted by atomic mass is 10.2. The maximum absolute atomic E-state index is 6.56. The zero-order valence-electron chi connectivity index (χ0n) is 14.6. The van der Waals surface area contributed by atoms with E-state index in [2.05, 4.69) is 41.5 Å². The molecule has 4 nitrogen and oxygen atoms in total. The summed E-state index contributed by atoms with van der Waals surface area (Å²) in [5.41, 5.74) is 1.72. The Morgan fingerprint density at radius 2 is 1.62 bits per heavy atom.